The smallest absolute Gasteiger partial charge is 0.270 e. The van der Waals surface area contributed by atoms with Crippen molar-refractivity contribution in [3.05, 3.63) is 23.9 Å². The molecule has 0 aliphatic carbocycles. The minimum atomic E-state index is -0.111. The quantitative estimate of drug-likeness (QED) is 0.875. The van der Waals surface area contributed by atoms with Crippen LogP contribution >= 0.6 is 0 Å². The number of aromatic nitrogens is 1. The lowest BCUT2D eigenvalue weighted by Crippen LogP contribution is -2.48. The highest BCUT2D eigenvalue weighted by atomic mass is 16.5. The highest BCUT2D eigenvalue weighted by Gasteiger charge is 2.35. The molecule has 0 spiro atoms. The van der Waals surface area contributed by atoms with Gasteiger partial charge in [0.15, 0.2) is 0 Å². The van der Waals surface area contributed by atoms with E-state index in [0.29, 0.717) is 18.1 Å². The van der Waals surface area contributed by atoms with Gasteiger partial charge < -0.3 is 15.4 Å². The van der Waals surface area contributed by atoms with Crippen LogP contribution in [0, 0.1) is 0 Å². The summed E-state index contributed by atoms with van der Waals surface area (Å²) in [5, 5.41) is 6.05. The van der Waals surface area contributed by atoms with E-state index in [0.717, 1.165) is 25.7 Å². The maximum Gasteiger partial charge on any atom is 0.270 e. The zero-order chi connectivity index (χ0) is 15.3. The predicted molar refractivity (Wildman–Crippen MR) is 83.5 cm³/mol. The van der Waals surface area contributed by atoms with Gasteiger partial charge in [-0.05, 0) is 37.8 Å². The van der Waals surface area contributed by atoms with Crippen LogP contribution in [0.25, 0.3) is 0 Å². The topological polar surface area (TPSA) is 63.2 Å². The monoisotopic (exact) mass is 291 g/mol. The van der Waals surface area contributed by atoms with Gasteiger partial charge in [-0.3, -0.25) is 4.79 Å². The largest absolute Gasteiger partial charge is 0.375 e. The number of anilines is 1. The van der Waals surface area contributed by atoms with Gasteiger partial charge in [0, 0.05) is 19.7 Å². The fourth-order valence-electron chi connectivity index (χ4n) is 2.85. The minimum Gasteiger partial charge on any atom is -0.375 e. The Labute approximate surface area is 126 Å². The highest BCUT2D eigenvalue weighted by Crippen LogP contribution is 2.31. The first kappa shape index (κ1) is 15.8. The Bertz CT molecular complexity index is 486. The third kappa shape index (κ3) is 3.73. The van der Waals surface area contributed by atoms with Crippen molar-refractivity contribution in [3.8, 4) is 0 Å². The number of rotatable bonds is 5. The molecule has 1 aliphatic heterocycles. The summed E-state index contributed by atoms with van der Waals surface area (Å²) in [6, 6.07) is 5.57. The van der Waals surface area contributed by atoms with Crippen LogP contribution in [0.1, 0.15) is 50.0 Å². The predicted octanol–water partition coefficient (Wildman–Crippen LogP) is 2.59. The van der Waals surface area contributed by atoms with E-state index in [4.69, 9.17) is 4.74 Å². The fourth-order valence-corrected chi connectivity index (χ4v) is 2.85. The lowest BCUT2D eigenvalue weighted by atomic mass is 9.86. The Balaban J connectivity index is 2.01. The van der Waals surface area contributed by atoms with Crippen molar-refractivity contribution in [2.24, 2.45) is 0 Å². The number of hydrogen-bond acceptors (Lipinski definition) is 4. The second-order valence-electron chi connectivity index (χ2n) is 5.56. The molecule has 5 heteroatoms. The number of nitrogens with one attached hydrogen (secondary N) is 2. The first-order valence-electron chi connectivity index (χ1n) is 7.72. The minimum absolute atomic E-state index is 0.0869. The summed E-state index contributed by atoms with van der Waals surface area (Å²) in [7, 11) is 1.79. The zero-order valence-electron chi connectivity index (χ0n) is 13.1. The zero-order valence-corrected chi connectivity index (χ0v) is 13.1. The van der Waals surface area contributed by atoms with Gasteiger partial charge >= 0.3 is 0 Å². The van der Waals surface area contributed by atoms with Gasteiger partial charge in [-0.15, -0.1) is 0 Å². The molecule has 21 heavy (non-hydrogen) atoms. The van der Waals surface area contributed by atoms with E-state index >= 15 is 0 Å². The maximum absolute atomic E-state index is 12.3. The van der Waals surface area contributed by atoms with Gasteiger partial charge in [-0.25, -0.2) is 4.98 Å². The van der Waals surface area contributed by atoms with Crippen molar-refractivity contribution in [1.82, 2.24) is 10.3 Å². The Morgan fingerprint density at radius 3 is 2.86 bits per heavy atom. The number of carbonyl (C=O) groups excluding carboxylic acids is 1. The van der Waals surface area contributed by atoms with Gasteiger partial charge in [0.1, 0.15) is 11.5 Å². The summed E-state index contributed by atoms with van der Waals surface area (Å²) >= 11 is 0. The maximum atomic E-state index is 12.3. The lowest BCUT2D eigenvalue weighted by molar-refractivity contribution is -0.0917. The standard InChI is InChI=1S/C16H25N3O2/c1-4-16(5-2)11-12(9-10-21-16)18-15(20)13-7-6-8-14(17-3)19-13/h6-8,12H,4-5,9-11H2,1-3H3,(H,17,19)(H,18,20). The van der Waals surface area contributed by atoms with E-state index in [1.807, 2.05) is 12.1 Å². The number of amides is 1. The number of nitrogens with zero attached hydrogens (tertiary/aromatic N) is 1. The van der Waals surface area contributed by atoms with Crippen LogP contribution in [0.4, 0.5) is 5.82 Å². The second-order valence-corrected chi connectivity index (χ2v) is 5.56. The molecule has 1 fully saturated rings. The average molecular weight is 291 g/mol. The summed E-state index contributed by atoms with van der Waals surface area (Å²) < 4.78 is 5.94. The molecule has 2 heterocycles. The first-order valence-corrected chi connectivity index (χ1v) is 7.72. The fraction of sp³-hybridized carbons (Fsp3) is 0.625. The van der Waals surface area contributed by atoms with Crippen LogP contribution in [-0.4, -0.2) is 36.2 Å². The SMILES string of the molecule is CCC1(CC)CC(NC(=O)c2cccc(NC)n2)CCO1. The molecule has 0 saturated carbocycles. The van der Waals surface area contributed by atoms with Crippen LogP contribution < -0.4 is 10.6 Å². The van der Waals surface area contributed by atoms with Crippen LogP contribution in [0.15, 0.2) is 18.2 Å². The van der Waals surface area contributed by atoms with Gasteiger partial charge in [-0.1, -0.05) is 19.9 Å². The molecule has 0 bridgehead atoms. The molecule has 0 aromatic carbocycles. The average Bonchev–Trinajstić information content (AvgIpc) is 2.55. The van der Waals surface area contributed by atoms with Crippen molar-refractivity contribution >= 4 is 11.7 Å². The number of carbonyl (C=O) groups is 1. The first-order chi connectivity index (χ1) is 10.1. The van der Waals surface area contributed by atoms with Crippen LogP contribution in [0.3, 0.4) is 0 Å². The molecular weight excluding hydrogens is 266 g/mol. The molecule has 116 valence electrons. The summed E-state index contributed by atoms with van der Waals surface area (Å²) in [6.07, 6.45) is 3.68. The number of hydrogen-bond donors (Lipinski definition) is 2. The van der Waals surface area contributed by atoms with Gasteiger partial charge in [0.25, 0.3) is 5.91 Å². The highest BCUT2D eigenvalue weighted by molar-refractivity contribution is 5.92. The van der Waals surface area contributed by atoms with E-state index < -0.39 is 0 Å². The van der Waals surface area contributed by atoms with Crippen molar-refractivity contribution in [1.29, 1.82) is 0 Å². The van der Waals surface area contributed by atoms with Crippen molar-refractivity contribution in [3.63, 3.8) is 0 Å². The van der Waals surface area contributed by atoms with Crippen LogP contribution in [-0.2, 0) is 4.74 Å². The molecule has 5 nitrogen and oxygen atoms in total. The Morgan fingerprint density at radius 2 is 2.19 bits per heavy atom. The molecule has 1 aliphatic rings. The molecule has 2 N–H and O–H groups in total. The molecule has 1 saturated heterocycles. The van der Waals surface area contributed by atoms with E-state index in [9.17, 15) is 4.79 Å². The van der Waals surface area contributed by atoms with Crippen LogP contribution in [0.5, 0.6) is 0 Å². The Hall–Kier alpha value is -1.62. The third-order valence-electron chi connectivity index (χ3n) is 4.35. The molecule has 1 aromatic rings. The third-order valence-corrected chi connectivity index (χ3v) is 4.35. The molecular formula is C16H25N3O2. The van der Waals surface area contributed by atoms with E-state index in [-0.39, 0.29) is 17.6 Å². The summed E-state index contributed by atoms with van der Waals surface area (Å²) in [5.41, 5.74) is 0.364. The Morgan fingerprint density at radius 1 is 1.43 bits per heavy atom. The molecule has 1 atom stereocenters. The Kier molecular flexibility index (Phi) is 5.17. The summed E-state index contributed by atoms with van der Waals surface area (Å²) in [5.74, 6) is 0.589. The van der Waals surface area contributed by atoms with E-state index in [2.05, 4.69) is 29.5 Å². The van der Waals surface area contributed by atoms with Crippen molar-refractivity contribution in [2.45, 2.75) is 51.2 Å². The molecule has 2 rings (SSSR count). The van der Waals surface area contributed by atoms with Crippen molar-refractivity contribution < 1.29 is 9.53 Å². The summed E-state index contributed by atoms with van der Waals surface area (Å²) in [6.45, 7) is 4.99. The van der Waals surface area contributed by atoms with E-state index in [1.165, 1.54) is 0 Å². The van der Waals surface area contributed by atoms with E-state index in [1.54, 1.807) is 13.1 Å². The van der Waals surface area contributed by atoms with Crippen LogP contribution in [0.2, 0.25) is 0 Å². The number of ether oxygens (including phenoxy) is 1. The van der Waals surface area contributed by atoms with Gasteiger partial charge in [0.05, 0.1) is 5.60 Å². The summed E-state index contributed by atoms with van der Waals surface area (Å²) in [4.78, 5) is 16.6. The molecule has 1 amide bonds. The normalized spacial score (nSPS) is 20.8. The van der Waals surface area contributed by atoms with Gasteiger partial charge in [-0.2, -0.15) is 0 Å². The molecule has 1 unspecified atom stereocenters. The molecule has 0 radical (unpaired) electrons. The van der Waals surface area contributed by atoms with Gasteiger partial charge in [0.2, 0.25) is 0 Å². The van der Waals surface area contributed by atoms with Crippen molar-refractivity contribution in [2.75, 3.05) is 19.0 Å². The number of pyridine rings is 1. The lowest BCUT2D eigenvalue weighted by Gasteiger charge is -2.40. The second kappa shape index (κ2) is 6.89. The molecule has 1 aromatic heterocycles.